The zero-order valence-electron chi connectivity index (χ0n) is 12.7. The fraction of sp³-hybridized carbons (Fsp3) is 0.500. The topological polar surface area (TPSA) is 55.6 Å². The average Bonchev–Trinajstić information content (AvgIpc) is 2.49. The zero-order chi connectivity index (χ0) is 15.7. The molecular weight excluding hydrogens is 284 g/mol. The number of hydrogen-bond acceptors (Lipinski definition) is 3. The first kappa shape index (κ1) is 17.6. The van der Waals surface area contributed by atoms with Gasteiger partial charge in [-0.15, -0.1) is 0 Å². The van der Waals surface area contributed by atoms with Gasteiger partial charge in [0.05, 0.1) is 17.5 Å². The molecule has 21 heavy (non-hydrogen) atoms. The van der Waals surface area contributed by atoms with Crippen LogP contribution in [0.25, 0.3) is 0 Å². The van der Waals surface area contributed by atoms with Crippen molar-refractivity contribution in [2.45, 2.75) is 25.7 Å². The predicted octanol–water partition coefficient (Wildman–Crippen LogP) is 2.33. The van der Waals surface area contributed by atoms with Crippen LogP contribution in [0.5, 0.6) is 0 Å². The molecule has 0 fully saturated rings. The Morgan fingerprint density at radius 1 is 1.33 bits per heavy atom. The van der Waals surface area contributed by atoms with Gasteiger partial charge in [-0.2, -0.15) is 0 Å². The second-order valence-corrected chi connectivity index (χ2v) is 5.43. The first-order valence-electron chi connectivity index (χ1n) is 7.21. The number of hydrogen-bond donors (Lipinski definition) is 1. The van der Waals surface area contributed by atoms with E-state index in [4.69, 9.17) is 22.7 Å². The molecule has 0 aliphatic carbocycles. The maximum absolute atomic E-state index is 12.8. The number of carbonyl (C=O) groups is 1. The summed E-state index contributed by atoms with van der Waals surface area (Å²) in [6, 6.07) is 9.86. The van der Waals surface area contributed by atoms with Crippen molar-refractivity contribution in [1.29, 1.82) is 0 Å². The summed E-state index contributed by atoms with van der Waals surface area (Å²) in [5.74, 6) is -0.0218. The van der Waals surface area contributed by atoms with Crippen molar-refractivity contribution in [1.82, 2.24) is 4.90 Å². The van der Waals surface area contributed by atoms with Crippen LogP contribution < -0.4 is 5.73 Å². The summed E-state index contributed by atoms with van der Waals surface area (Å²) < 4.78 is 5.09. The molecule has 1 unspecified atom stereocenters. The maximum atomic E-state index is 12.8. The molecule has 0 heterocycles. The van der Waals surface area contributed by atoms with Gasteiger partial charge in [-0.1, -0.05) is 49.5 Å². The molecule has 0 saturated carbocycles. The van der Waals surface area contributed by atoms with Crippen molar-refractivity contribution in [3.8, 4) is 0 Å². The molecule has 0 aliphatic heterocycles. The van der Waals surface area contributed by atoms with E-state index < -0.39 is 0 Å². The molecule has 2 N–H and O–H groups in total. The van der Waals surface area contributed by atoms with Crippen LogP contribution in [0.3, 0.4) is 0 Å². The summed E-state index contributed by atoms with van der Waals surface area (Å²) in [6.45, 7) is 3.63. The Morgan fingerprint density at radius 3 is 2.52 bits per heavy atom. The van der Waals surface area contributed by atoms with Crippen molar-refractivity contribution >= 4 is 23.1 Å². The summed E-state index contributed by atoms with van der Waals surface area (Å²) in [5.41, 5.74) is 6.60. The van der Waals surface area contributed by atoms with E-state index in [0.717, 1.165) is 12.0 Å². The van der Waals surface area contributed by atoms with Crippen LogP contribution in [0.4, 0.5) is 0 Å². The molecule has 1 amide bonds. The van der Waals surface area contributed by atoms with Gasteiger partial charge in [0.1, 0.15) is 0 Å². The van der Waals surface area contributed by atoms with Crippen LogP contribution in [-0.2, 0) is 9.53 Å². The predicted molar refractivity (Wildman–Crippen MR) is 89.3 cm³/mol. The number of ether oxygens (including phenoxy) is 1. The van der Waals surface area contributed by atoms with Gasteiger partial charge in [-0.05, 0) is 12.0 Å². The average molecular weight is 308 g/mol. The van der Waals surface area contributed by atoms with E-state index >= 15 is 0 Å². The molecule has 1 rings (SSSR count). The largest absolute Gasteiger partial charge is 0.393 e. The smallest absolute Gasteiger partial charge is 0.230 e. The van der Waals surface area contributed by atoms with E-state index in [0.29, 0.717) is 31.1 Å². The maximum Gasteiger partial charge on any atom is 0.230 e. The van der Waals surface area contributed by atoms with Gasteiger partial charge in [0, 0.05) is 26.6 Å². The van der Waals surface area contributed by atoms with E-state index in [9.17, 15) is 4.79 Å². The third-order valence-electron chi connectivity index (χ3n) is 3.41. The highest BCUT2D eigenvalue weighted by Crippen LogP contribution is 2.22. The van der Waals surface area contributed by atoms with Crippen LogP contribution in [-0.4, -0.2) is 42.6 Å². The van der Waals surface area contributed by atoms with Gasteiger partial charge in [-0.25, -0.2) is 0 Å². The van der Waals surface area contributed by atoms with Crippen molar-refractivity contribution < 1.29 is 9.53 Å². The van der Waals surface area contributed by atoms with Crippen LogP contribution in [0.2, 0.25) is 0 Å². The van der Waals surface area contributed by atoms with Gasteiger partial charge in [0.15, 0.2) is 0 Å². The molecule has 5 heteroatoms. The van der Waals surface area contributed by atoms with Crippen molar-refractivity contribution in [3.05, 3.63) is 35.9 Å². The second-order valence-electron chi connectivity index (χ2n) is 4.91. The fourth-order valence-electron chi connectivity index (χ4n) is 2.24. The lowest BCUT2D eigenvalue weighted by Gasteiger charge is -2.27. The SMILES string of the molecule is CCC(C(=O)N(CCOC)CCC(N)=S)c1ccccc1. The lowest BCUT2D eigenvalue weighted by molar-refractivity contribution is -0.133. The Bertz CT molecular complexity index is 451. The van der Waals surface area contributed by atoms with Crippen LogP contribution in [0.15, 0.2) is 30.3 Å². The first-order chi connectivity index (χ1) is 10.1. The van der Waals surface area contributed by atoms with E-state index in [-0.39, 0.29) is 11.8 Å². The fourth-order valence-corrected chi connectivity index (χ4v) is 2.33. The molecule has 0 saturated heterocycles. The van der Waals surface area contributed by atoms with Gasteiger partial charge >= 0.3 is 0 Å². The molecule has 0 radical (unpaired) electrons. The molecule has 1 aromatic carbocycles. The Morgan fingerprint density at radius 2 is 2.00 bits per heavy atom. The minimum Gasteiger partial charge on any atom is -0.393 e. The number of thiocarbonyl (C=S) groups is 1. The van der Waals surface area contributed by atoms with Gasteiger partial charge in [-0.3, -0.25) is 4.79 Å². The minimum atomic E-state index is -0.130. The van der Waals surface area contributed by atoms with E-state index in [1.165, 1.54) is 0 Å². The number of methoxy groups -OCH3 is 1. The molecule has 0 bridgehead atoms. The summed E-state index contributed by atoms with van der Waals surface area (Å²) in [5, 5.41) is 0. The van der Waals surface area contributed by atoms with E-state index in [1.54, 1.807) is 12.0 Å². The number of nitrogens with two attached hydrogens (primary N) is 1. The Balaban J connectivity index is 2.82. The van der Waals surface area contributed by atoms with Crippen LogP contribution in [0, 0.1) is 0 Å². The number of rotatable bonds is 9. The number of amides is 1. The summed E-state index contributed by atoms with van der Waals surface area (Å²) in [6.07, 6.45) is 1.30. The molecule has 0 aliphatic rings. The number of benzene rings is 1. The Hall–Kier alpha value is -1.46. The van der Waals surface area contributed by atoms with Crippen molar-refractivity contribution in [2.24, 2.45) is 5.73 Å². The molecule has 4 nitrogen and oxygen atoms in total. The van der Waals surface area contributed by atoms with Crippen LogP contribution in [0.1, 0.15) is 31.2 Å². The highest BCUT2D eigenvalue weighted by Gasteiger charge is 2.24. The number of carbonyl (C=O) groups excluding carboxylic acids is 1. The lowest BCUT2D eigenvalue weighted by Crippen LogP contribution is -2.39. The second kappa shape index (κ2) is 9.47. The Kier molecular flexibility index (Phi) is 7.93. The quantitative estimate of drug-likeness (QED) is 0.711. The normalized spacial score (nSPS) is 11.9. The van der Waals surface area contributed by atoms with Gasteiger partial charge < -0.3 is 15.4 Å². The van der Waals surface area contributed by atoms with E-state index in [2.05, 4.69) is 0 Å². The third kappa shape index (κ3) is 5.81. The molecule has 1 atom stereocenters. The summed E-state index contributed by atoms with van der Waals surface area (Å²) in [7, 11) is 1.63. The molecule has 0 spiro atoms. The molecular formula is C16H24N2O2S. The summed E-state index contributed by atoms with van der Waals surface area (Å²) in [4.78, 5) is 15.0. The monoisotopic (exact) mass is 308 g/mol. The standard InChI is InChI=1S/C16H24N2O2S/c1-3-14(13-7-5-4-6-8-13)16(19)18(11-12-20-2)10-9-15(17)21/h4-8,14H,3,9-12H2,1-2H3,(H2,17,21). The molecule has 116 valence electrons. The third-order valence-corrected chi connectivity index (χ3v) is 3.62. The minimum absolute atomic E-state index is 0.108. The highest BCUT2D eigenvalue weighted by molar-refractivity contribution is 7.80. The first-order valence-corrected chi connectivity index (χ1v) is 7.62. The van der Waals surface area contributed by atoms with Gasteiger partial charge in [0.25, 0.3) is 0 Å². The van der Waals surface area contributed by atoms with Crippen LogP contribution >= 0.6 is 12.2 Å². The number of nitrogens with zero attached hydrogens (tertiary/aromatic N) is 1. The Labute approximate surface area is 132 Å². The summed E-state index contributed by atoms with van der Waals surface area (Å²) >= 11 is 4.91. The van der Waals surface area contributed by atoms with E-state index in [1.807, 2.05) is 37.3 Å². The van der Waals surface area contributed by atoms with Crippen molar-refractivity contribution in [2.75, 3.05) is 26.8 Å². The highest BCUT2D eigenvalue weighted by atomic mass is 32.1. The lowest BCUT2D eigenvalue weighted by atomic mass is 9.95. The molecule has 1 aromatic rings. The van der Waals surface area contributed by atoms with Gasteiger partial charge in [0.2, 0.25) is 5.91 Å². The van der Waals surface area contributed by atoms with Crippen molar-refractivity contribution in [3.63, 3.8) is 0 Å². The zero-order valence-corrected chi connectivity index (χ0v) is 13.6. The molecule has 0 aromatic heterocycles.